The molecule has 540 valence electrons. The molecule has 0 aromatic heterocycles. The van der Waals surface area contributed by atoms with Gasteiger partial charge in [0.1, 0.15) is 19.3 Å². The van der Waals surface area contributed by atoms with Gasteiger partial charge in [0.05, 0.1) is 26.4 Å². The average Bonchev–Trinajstić information content (AvgIpc) is 2.24. The van der Waals surface area contributed by atoms with Crippen molar-refractivity contribution >= 4 is 39.5 Å². The molecule has 0 aliphatic rings. The molecule has 0 spiro atoms. The summed E-state index contributed by atoms with van der Waals surface area (Å²) in [4.78, 5) is 72.6. The Hall–Kier alpha value is -2.72. The van der Waals surface area contributed by atoms with Gasteiger partial charge in [-0.25, -0.2) is 9.13 Å². The number of unbranched alkanes of at least 4 members (excludes halogenated alkanes) is 39. The van der Waals surface area contributed by atoms with Crippen LogP contribution in [-0.2, 0) is 65.4 Å². The van der Waals surface area contributed by atoms with Crippen LogP contribution < -0.4 is 0 Å². The molecule has 0 aromatic carbocycles. The van der Waals surface area contributed by atoms with E-state index in [2.05, 4.69) is 64.2 Å². The molecule has 0 bridgehead atoms. The number of carbonyl (C=O) groups is 4. The summed E-state index contributed by atoms with van der Waals surface area (Å²) in [5.41, 5.74) is 0. The van der Waals surface area contributed by atoms with Crippen LogP contribution in [0.3, 0.4) is 0 Å². The number of ether oxygens (including phenoxy) is 4. The lowest BCUT2D eigenvalue weighted by Gasteiger charge is -2.21. The SMILES string of the molecule is CCCCC/C=C\C/C=C\CCCCCCCC(=O)OCC(COP(=O)(O)OCC(O)COP(=O)(O)OCC(COC(=O)CCCCCCC/C=C\CCCCCC)OC(=O)CCCCCCCCCCCCCCC)OC(=O)CCCCCCCCCCCCC. The number of aliphatic hydroxyl groups is 1. The van der Waals surface area contributed by atoms with Crippen LogP contribution in [0, 0.1) is 0 Å². The molecule has 0 aliphatic carbocycles. The molecule has 0 aromatic rings. The van der Waals surface area contributed by atoms with Crippen LogP contribution in [0.1, 0.15) is 349 Å². The lowest BCUT2D eigenvalue weighted by molar-refractivity contribution is -0.161. The molecule has 0 aliphatic heterocycles. The molecular formula is C73H136O17P2. The quantitative estimate of drug-likeness (QED) is 0.0169. The number of esters is 4. The van der Waals surface area contributed by atoms with Crippen molar-refractivity contribution in [3.63, 3.8) is 0 Å². The van der Waals surface area contributed by atoms with Gasteiger partial charge < -0.3 is 33.8 Å². The Balaban J connectivity index is 5.29. The highest BCUT2D eigenvalue weighted by atomic mass is 31.2. The van der Waals surface area contributed by atoms with E-state index >= 15 is 0 Å². The molecule has 0 fully saturated rings. The van der Waals surface area contributed by atoms with Crippen molar-refractivity contribution in [2.24, 2.45) is 0 Å². The molecule has 3 N–H and O–H groups in total. The molecule has 0 heterocycles. The summed E-state index contributed by atoms with van der Waals surface area (Å²) in [7, 11) is -9.92. The van der Waals surface area contributed by atoms with Gasteiger partial charge in [-0.3, -0.25) is 37.3 Å². The van der Waals surface area contributed by atoms with Crippen LogP contribution in [0.15, 0.2) is 36.5 Å². The molecule has 0 amide bonds. The summed E-state index contributed by atoms with van der Waals surface area (Å²) in [6, 6.07) is 0. The number of rotatable bonds is 71. The largest absolute Gasteiger partial charge is 0.472 e. The zero-order valence-electron chi connectivity index (χ0n) is 58.7. The Morgan fingerprint density at radius 2 is 0.533 bits per heavy atom. The van der Waals surface area contributed by atoms with E-state index in [4.69, 9.17) is 37.0 Å². The highest BCUT2D eigenvalue weighted by molar-refractivity contribution is 7.47. The minimum atomic E-state index is -4.96. The highest BCUT2D eigenvalue weighted by Crippen LogP contribution is 2.45. The van der Waals surface area contributed by atoms with Gasteiger partial charge in [-0.05, 0) is 83.5 Å². The Labute approximate surface area is 560 Å². The van der Waals surface area contributed by atoms with Crippen LogP contribution >= 0.6 is 15.6 Å². The van der Waals surface area contributed by atoms with Crippen molar-refractivity contribution in [3.8, 4) is 0 Å². The van der Waals surface area contributed by atoms with Gasteiger partial charge in [0.25, 0.3) is 0 Å². The molecule has 5 atom stereocenters. The second-order valence-electron chi connectivity index (χ2n) is 25.2. The van der Waals surface area contributed by atoms with E-state index in [0.29, 0.717) is 25.7 Å². The second kappa shape index (κ2) is 66.9. The van der Waals surface area contributed by atoms with E-state index in [1.165, 1.54) is 135 Å². The van der Waals surface area contributed by atoms with Gasteiger partial charge in [0.2, 0.25) is 0 Å². The minimum Gasteiger partial charge on any atom is -0.462 e. The van der Waals surface area contributed by atoms with Crippen molar-refractivity contribution in [1.82, 2.24) is 0 Å². The summed E-state index contributed by atoms with van der Waals surface area (Å²) in [6.45, 7) is 4.86. The third kappa shape index (κ3) is 65.9. The number of hydrogen-bond acceptors (Lipinski definition) is 15. The van der Waals surface area contributed by atoms with Crippen LogP contribution in [0.5, 0.6) is 0 Å². The number of carbonyl (C=O) groups excluding carboxylic acids is 4. The fourth-order valence-corrected chi connectivity index (χ4v) is 11.9. The summed E-state index contributed by atoms with van der Waals surface area (Å²) in [5.74, 6) is -2.16. The normalized spacial score (nSPS) is 14.2. The monoisotopic (exact) mass is 1350 g/mol. The van der Waals surface area contributed by atoms with Crippen molar-refractivity contribution in [2.75, 3.05) is 39.6 Å². The zero-order valence-corrected chi connectivity index (χ0v) is 60.5. The maximum atomic E-state index is 13.0. The lowest BCUT2D eigenvalue weighted by Crippen LogP contribution is -2.30. The third-order valence-corrected chi connectivity index (χ3v) is 18.0. The zero-order chi connectivity index (χ0) is 67.5. The van der Waals surface area contributed by atoms with E-state index in [1.54, 1.807) is 0 Å². The van der Waals surface area contributed by atoms with Crippen LogP contribution in [0.2, 0.25) is 0 Å². The first-order valence-corrected chi connectivity index (χ1v) is 40.2. The number of hydrogen-bond donors (Lipinski definition) is 3. The van der Waals surface area contributed by atoms with E-state index in [0.717, 1.165) is 135 Å². The lowest BCUT2D eigenvalue weighted by atomic mass is 10.0. The predicted molar refractivity (Wildman–Crippen MR) is 372 cm³/mol. The van der Waals surface area contributed by atoms with Gasteiger partial charge in [0, 0.05) is 25.7 Å². The van der Waals surface area contributed by atoms with Crippen molar-refractivity contribution in [3.05, 3.63) is 36.5 Å². The van der Waals surface area contributed by atoms with E-state index in [1.807, 2.05) is 0 Å². The number of allylic oxidation sites excluding steroid dienone is 6. The Kier molecular flexibility index (Phi) is 64.9. The van der Waals surface area contributed by atoms with Crippen molar-refractivity contribution < 1.29 is 80.2 Å². The van der Waals surface area contributed by atoms with Gasteiger partial charge in [0.15, 0.2) is 12.2 Å². The molecule has 0 rings (SSSR count). The molecular weight excluding hydrogens is 1210 g/mol. The number of phosphoric ester groups is 2. The first-order valence-electron chi connectivity index (χ1n) is 37.2. The van der Waals surface area contributed by atoms with Crippen LogP contribution in [0.25, 0.3) is 0 Å². The number of aliphatic hydroxyl groups excluding tert-OH is 1. The fourth-order valence-electron chi connectivity index (χ4n) is 10.4. The molecule has 19 heteroatoms. The molecule has 0 saturated carbocycles. The van der Waals surface area contributed by atoms with Crippen molar-refractivity contribution in [1.29, 1.82) is 0 Å². The van der Waals surface area contributed by atoms with Gasteiger partial charge in [-0.2, -0.15) is 0 Å². The standard InChI is InChI=1S/C73H136O17P2/c1-5-9-13-17-21-25-29-32-33-36-39-42-46-50-54-58-71(76)84-63-68(89-72(77)59-55-51-47-43-37-28-24-20-16-12-8-4)65-87-91(79,80)85-61-67(74)62-86-92(81,82)88-66-69(90-73(78)60-56-52-48-44-40-35-31-27-23-19-15-11-7-3)64-83-70(75)57-53-49-45-41-38-34-30-26-22-18-14-10-6-2/h21,25-26,30,32-33,67-69,74H,5-20,22-24,27-29,31,34-66H2,1-4H3,(H,79,80)(H,81,82)/b25-21-,30-26-,33-32-. The molecule has 0 saturated heterocycles. The molecule has 5 unspecified atom stereocenters. The summed E-state index contributed by atoms with van der Waals surface area (Å²) < 4.78 is 68.3. The maximum Gasteiger partial charge on any atom is 0.472 e. The molecule has 0 radical (unpaired) electrons. The smallest absolute Gasteiger partial charge is 0.462 e. The topological polar surface area (TPSA) is 237 Å². The van der Waals surface area contributed by atoms with E-state index in [9.17, 15) is 43.2 Å². The first kappa shape index (κ1) is 89.3. The minimum absolute atomic E-state index is 0.0996. The summed E-state index contributed by atoms with van der Waals surface area (Å²) in [6.07, 6.45) is 60.0. The Bertz CT molecular complexity index is 1900. The second-order valence-corrected chi connectivity index (χ2v) is 28.2. The third-order valence-electron chi connectivity index (χ3n) is 16.1. The number of phosphoric acid groups is 2. The summed E-state index contributed by atoms with van der Waals surface area (Å²) in [5, 5.41) is 10.6. The first-order chi connectivity index (χ1) is 44.7. The molecule has 92 heavy (non-hydrogen) atoms. The highest BCUT2D eigenvalue weighted by Gasteiger charge is 2.30. The average molecular weight is 1350 g/mol. The molecule has 17 nitrogen and oxygen atoms in total. The fraction of sp³-hybridized carbons (Fsp3) is 0.863. The summed E-state index contributed by atoms with van der Waals surface area (Å²) >= 11 is 0. The Morgan fingerprint density at radius 1 is 0.304 bits per heavy atom. The van der Waals surface area contributed by atoms with E-state index < -0.39 is 97.5 Å². The van der Waals surface area contributed by atoms with E-state index in [-0.39, 0.29) is 25.7 Å². The van der Waals surface area contributed by atoms with Gasteiger partial charge in [-0.1, -0.05) is 276 Å². The van der Waals surface area contributed by atoms with Crippen molar-refractivity contribution in [2.45, 2.75) is 367 Å². The Morgan fingerprint density at radius 3 is 0.848 bits per heavy atom. The predicted octanol–water partition coefficient (Wildman–Crippen LogP) is 20.8. The maximum absolute atomic E-state index is 13.0. The van der Waals surface area contributed by atoms with Gasteiger partial charge >= 0.3 is 39.5 Å². The van der Waals surface area contributed by atoms with Crippen LogP contribution in [0.4, 0.5) is 0 Å². The van der Waals surface area contributed by atoms with Gasteiger partial charge in [-0.15, -0.1) is 0 Å². The van der Waals surface area contributed by atoms with Crippen LogP contribution in [-0.4, -0.2) is 96.7 Å².